The molecule has 7 heteroatoms. The summed E-state index contributed by atoms with van der Waals surface area (Å²) >= 11 is 0. The van der Waals surface area contributed by atoms with Crippen LogP contribution in [0.4, 0.5) is 11.5 Å². The molecule has 0 aliphatic rings. The lowest BCUT2D eigenvalue weighted by Gasteiger charge is -2.23. The molecule has 1 aromatic rings. The summed E-state index contributed by atoms with van der Waals surface area (Å²) in [6, 6.07) is 3.38. The van der Waals surface area contributed by atoms with Crippen molar-refractivity contribution in [1.29, 1.82) is 5.26 Å². The number of carbonyl (C=O) groups is 1. The molecule has 1 rings (SSSR count). The van der Waals surface area contributed by atoms with Crippen molar-refractivity contribution in [3.05, 3.63) is 17.8 Å². The second-order valence-corrected chi connectivity index (χ2v) is 3.83. The van der Waals surface area contributed by atoms with Gasteiger partial charge in [0.15, 0.2) is 0 Å². The molecule has 0 saturated heterocycles. The largest absolute Gasteiger partial charge is 0.478 e. The maximum atomic E-state index is 11.2. The number of nitriles is 1. The zero-order valence-electron chi connectivity index (χ0n) is 10.7. The van der Waals surface area contributed by atoms with Gasteiger partial charge in [-0.2, -0.15) is 5.26 Å². The van der Waals surface area contributed by atoms with Crippen LogP contribution < -0.4 is 10.6 Å². The van der Waals surface area contributed by atoms with Gasteiger partial charge in [0.25, 0.3) is 0 Å². The Morgan fingerprint density at radius 1 is 1.63 bits per heavy atom. The van der Waals surface area contributed by atoms with Gasteiger partial charge >= 0.3 is 5.97 Å². The molecule has 1 aromatic heterocycles. The molecular formula is C12H16N4O3. The predicted octanol–water partition coefficient (Wildman–Crippen LogP) is 0.728. The number of aromatic carboxylic acids is 1. The molecule has 0 bridgehead atoms. The minimum absolute atomic E-state index is 0.0223. The fourth-order valence-electron chi connectivity index (χ4n) is 1.59. The van der Waals surface area contributed by atoms with E-state index in [4.69, 9.17) is 15.7 Å². The van der Waals surface area contributed by atoms with E-state index in [1.165, 1.54) is 12.3 Å². The van der Waals surface area contributed by atoms with Crippen LogP contribution in [0, 0.1) is 11.3 Å². The number of aromatic nitrogens is 1. The van der Waals surface area contributed by atoms with E-state index in [2.05, 4.69) is 4.98 Å². The summed E-state index contributed by atoms with van der Waals surface area (Å²) in [5.74, 6) is -0.803. The fourth-order valence-corrected chi connectivity index (χ4v) is 1.59. The van der Waals surface area contributed by atoms with E-state index in [1.54, 1.807) is 12.0 Å². The topological polar surface area (TPSA) is 112 Å². The molecule has 0 aromatic carbocycles. The quantitative estimate of drug-likeness (QED) is 0.746. The third kappa shape index (κ3) is 4.12. The average molecular weight is 264 g/mol. The number of anilines is 2. The number of hydrogen-bond acceptors (Lipinski definition) is 6. The van der Waals surface area contributed by atoms with Gasteiger partial charge in [0.1, 0.15) is 11.4 Å². The van der Waals surface area contributed by atoms with Gasteiger partial charge in [-0.3, -0.25) is 0 Å². The van der Waals surface area contributed by atoms with Crippen LogP contribution in [-0.4, -0.2) is 42.9 Å². The lowest BCUT2D eigenvalue weighted by atomic mass is 10.2. The summed E-state index contributed by atoms with van der Waals surface area (Å²) in [6.07, 6.45) is 1.67. The van der Waals surface area contributed by atoms with Gasteiger partial charge in [0, 0.05) is 20.2 Å². The van der Waals surface area contributed by atoms with Gasteiger partial charge in [0.2, 0.25) is 0 Å². The van der Waals surface area contributed by atoms with Gasteiger partial charge < -0.3 is 20.5 Å². The van der Waals surface area contributed by atoms with E-state index in [1.807, 2.05) is 6.07 Å². The summed E-state index contributed by atoms with van der Waals surface area (Å²) in [5.41, 5.74) is 5.85. The highest BCUT2D eigenvalue weighted by molar-refractivity contribution is 5.94. The first-order valence-electron chi connectivity index (χ1n) is 5.69. The maximum absolute atomic E-state index is 11.2. The Kier molecular flexibility index (Phi) is 5.57. The molecule has 7 nitrogen and oxygen atoms in total. The smallest absolute Gasteiger partial charge is 0.339 e. The highest BCUT2D eigenvalue weighted by Crippen LogP contribution is 2.20. The van der Waals surface area contributed by atoms with Crippen molar-refractivity contribution in [3.63, 3.8) is 0 Å². The van der Waals surface area contributed by atoms with E-state index in [9.17, 15) is 9.90 Å². The number of carboxylic acid groups (broad SMARTS) is 1. The minimum Gasteiger partial charge on any atom is -0.478 e. The summed E-state index contributed by atoms with van der Waals surface area (Å²) < 4.78 is 4.97. The predicted molar refractivity (Wildman–Crippen MR) is 69.9 cm³/mol. The van der Waals surface area contributed by atoms with Gasteiger partial charge in [-0.05, 0) is 6.07 Å². The molecule has 0 saturated carbocycles. The molecule has 102 valence electrons. The summed E-state index contributed by atoms with van der Waals surface area (Å²) in [7, 11) is 1.55. The highest BCUT2D eigenvalue weighted by atomic mass is 16.5. The highest BCUT2D eigenvalue weighted by Gasteiger charge is 2.17. The number of rotatable bonds is 7. The van der Waals surface area contributed by atoms with Crippen LogP contribution in [-0.2, 0) is 4.74 Å². The molecule has 0 aliphatic heterocycles. The Balaban J connectivity index is 3.06. The van der Waals surface area contributed by atoms with Crippen LogP contribution in [0.15, 0.2) is 12.3 Å². The molecule has 19 heavy (non-hydrogen) atoms. The molecule has 0 fully saturated rings. The normalized spacial score (nSPS) is 9.89. The van der Waals surface area contributed by atoms with Crippen LogP contribution in [0.5, 0.6) is 0 Å². The van der Waals surface area contributed by atoms with E-state index in [-0.39, 0.29) is 17.7 Å². The molecule has 0 atom stereocenters. The first-order valence-corrected chi connectivity index (χ1v) is 5.69. The Bertz CT molecular complexity index is 484. The summed E-state index contributed by atoms with van der Waals surface area (Å²) in [6.45, 7) is 1.25. The third-order valence-corrected chi connectivity index (χ3v) is 2.48. The van der Waals surface area contributed by atoms with Crippen LogP contribution in [0.3, 0.4) is 0 Å². The second kappa shape index (κ2) is 7.18. The second-order valence-electron chi connectivity index (χ2n) is 3.83. The molecule has 0 aliphatic carbocycles. The van der Waals surface area contributed by atoms with Gasteiger partial charge in [-0.25, -0.2) is 9.78 Å². The summed E-state index contributed by atoms with van der Waals surface area (Å²) in [4.78, 5) is 17.0. The van der Waals surface area contributed by atoms with Crippen molar-refractivity contribution in [1.82, 2.24) is 4.98 Å². The summed E-state index contributed by atoms with van der Waals surface area (Å²) in [5, 5.41) is 17.8. The number of pyridine rings is 1. The van der Waals surface area contributed by atoms with Crippen LogP contribution in [0.25, 0.3) is 0 Å². The first-order chi connectivity index (χ1) is 9.10. The number of carboxylic acids is 1. The Labute approximate surface area is 111 Å². The lowest BCUT2D eigenvalue weighted by Crippen LogP contribution is -2.30. The first kappa shape index (κ1) is 14.7. The number of ether oxygens (including phenoxy) is 1. The van der Waals surface area contributed by atoms with Crippen molar-refractivity contribution in [2.45, 2.75) is 6.42 Å². The van der Waals surface area contributed by atoms with Crippen LogP contribution in [0.1, 0.15) is 16.8 Å². The molecule has 0 spiro atoms. The molecule has 0 unspecified atom stereocenters. The van der Waals surface area contributed by atoms with Crippen molar-refractivity contribution in [2.75, 3.05) is 37.4 Å². The third-order valence-electron chi connectivity index (χ3n) is 2.48. The number of nitrogens with two attached hydrogens (primary N) is 1. The number of nitrogen functional groups attached to an aromatic ring is 1. The molecule has 3 N–H and O–H groups in total. The van der Waals surface area contributed by atoms with Crippen molar-refractivity contribution in [2.24, 2.45) is 0 Å². The van der Waals surface area contributed by atoms with Gasteiger partial charge in [-0.1, -0.05) is 0 Å². The number of methoxy groups -OCH3 is 1. The van der Waals surface area contributed by atoms with Crippen molar-refractivity contribution < 1.29 is 14.6 Å². The monoisotopic (exact) mass is 264 g/mol. The molecule has 0 amide bonds. The Hall–Kier alpha value is -2.33. The standard InChI is InChI=1S/C12H16N4O3/c1-19-6-5-16(4-2-3-13)11-10(12(17)18)7-9(14)8-15-11/h7-8H,2,4-6,14H2,1H3,(H,17,18). The van der Waals surface area contributed by atoms with Crippen molar-refractivity contribution in [3.8, 4) is 6.07 Å². The Morgan fingerprint density at radius 3 is 2.95 bits per heavy atom. The van der Waals surface area contributed by atoms with Crippen LogP contribution >= 0.6 is 0 Å². The molecular weight excluding hydrogens is 248 g/mol. The fraction of sp³-hybridized carbons (Fsp3) is 0.417. The SMILES string of the molecule is COCCN(CCC#N)c1ncc(N)cc1C(=O)O. The van der Waals surface area contributed by atoms with Gasteiger partial charge in [-0.15, -0.1) is 0 Å². The zero-order valence-corrected chi connectivity index (χ0v) is 10.7. The van der Waals surface area contributed by atoms with Crippen molar-refractivity contribution >= 4 is 17.5 Å². The van der Waals surface area contributed by atoms with E-state index in [0.29, 0.717) is 25.5 Å². The lowest BCUT2D eigenvalue weighted by molar-refractivity contribution is 0.0697. The maximum Gasteiger partial charge on any atom is 0.339 e. The number of nitrogens with zero attached hydrogens (tertiary/aromatic N) is 3. The molecule has 1 heterocycles. The van der Waals surface area contributed by atoms with E-state index >= 15 is 0 Å². The Morgan fingerprint density at radius 2 is 2.37 bits per heavy atom. The van der Waals surface area contributed by atoms with Gasteiger partial charge in [0.05, 0.1) is 31.0 Å². The van der Waals surface area contributed by atoms with Crippen LogP contribution in [0.2, 0.25) is 0 Å². The minimum atomic E-state index is -1.10. The van der Waals surface area contributed by atoms with E-state index < -0.39 is 5.97 Å². The average Bonchev–Trinajstić information content (AvgIpc) is 2.39. The number of hydrogen-bond donors (Lipinski definition) is 2. The zero-order chi connectivity index (χ0) is 14.3. The molecule has 0 radical (unpaired) electrons. The van der Waals surface area contributed by atoms with E-state index in [0.717, 1.165) is 0 Å².